The van der Waals surface area contributed by atoms with Gasteiger partial charge in [0.25, 0.3) is 0 Å². The van der Waals surface area contributed by atoms with Gasteiger partial charge in [-0.3, -0.25) is 0 Å². The molecule has 100 valence electrons. The lowest BCUT2D eigenvalue weighted by Crippen LogP contribution is -2.13. The van der Waals surface area contributed by atoms with Crippen LogP contribution in [0.5, 0.6) is 0 Å². The second kappa shape index (κ2) is 5.42. The highest BCUT2D eigenvalue weighted by Gasteiger charge is 2.13. The number of nitrogens with zero attached hydrogens (tertiary/aromatic N) is 5. The minimum absolute atomic E-state index is 0.0780. The molecule has 8 nitrogen and oxygen atoms in total. The van der Waals surface area contributed by atoms with Gasteiger partial charge in [-0.1, -0.05) is 0 Å². The number of rotatable bonds is 4. The topological polar surface area (TPSA) is 94.8 Å². The van der Waals surface area contributed by atoms with E-state index >= 15 is 0 Å². The zero-order valence-electron chi connectivity index (χ0n) is 10.9. The third-order valence-corrected chi connectivity index (χ3v) is 2.54. The van der Waals surface area contributed by atoms with Crippen LogP contribution < -0.4 is 5.32 Å². The van der Waals surface area contributed by atoms with Crippen molar-refractivity contribution < 1.29 is 9.53 Å². The maximum atomic E-state index is 11.2. The first-order valence-electron chi connectivity index (χ1n) is 5.62. The Morgan fingerprint density at radius 3 is 2.74 bits per heavy atom. The van der Waals surface area contributed by atoms with Crippen LogP contribution in [0.1, 0.15) is 29.3 Å². The van der Waals surface area contributed by atoms with Gasteiger partial charge in [0.2, 0.25) is 0 Å². The Labute approximate surface area is 109 Å². The van der Waals surface area contributed by atoms with E-state index in [1.165, 1.54) is 19.5 Å². The number of ether oxygens (including phenoxy) is 1. The molecule has 0 fully saturated rings. The van der Waals surface area contributed by atoms with Gasteiger partial charge in [0.05, 0.1) is 25.5 Å². The number of aryl methyl sites for hydroxylation is 1. The van der Waals surface area contributed by atoms with E-state index in [4.69, 9.17) is 0 Å². The third kappa shape index (κ3) is 2.84. The summed E-state index contributed by atoms with van der Waals surface area (Å²) in [7, 11) is 3.16. The summed E-state index contributed by atoms with van der Waals surface area (Å²) < 4.78 is 6.36. The molecule has 2 aromatic heterocycles. The second-order valence-corrected chi connectivity index (χ2v) is 3.94. The van der Waals surface area contributed by atoms with Gasteiger partial charge in [-0.15, -0.1) is 10.2 Å². The number of esters is 1. The maximum absolute atomic E-state index is 11.2. The van der Waals surface area contributed by atoms with E-state index in [0.717, 1.165) is 5.82 Å². The van der Waals surface area contributed by atoms with E-state index < -0.39 is 5.97 Å². The lowest BCUT2D eigenvalue weighted by molar-refractivity contribution is 0.0593. The standard InChI is InChI=1S/C11H14N6O2/c1-7(10-16-14-6-17(10)2)15-9-5-12-8(4-13-9)11(18)19-3/h4-7H,1-3H3,(H,13,15). The maximum Gasteiger partial charge on any atom is 0.358 e. The Bertz CT molecular complexity index is 565. The summed E-state index contributed by atoms with van der Waals surface area (Å²) >= 11 is 0. The third-order valence-electron chi connectivity index (χ3n) is 2.54. The predicted octanol–water partition coefficient (Wildman–Crippen LogP) is 0.565. The van der Waals surface area contributed by atoms with E-state index in [-0.39, 0.29) is 11.7 Å². The van der Waals surface area contributed by atoms with Crippen molar-refractivity contribution >= 4 is 11.8 Å². The number of carbonyl (C=O) groups excluding carboxylic acids is 1. The Morgan fingerprint density at radius 2 is 2.21 bits per heavy atom. The minimum atomic E-state index is -0.514. The summed E-state index contributed by atoms with van der Waals surface area (Å²) in [5.41, 5.74) is 0.166. The van der Waals surface area contributed by atoms with Crippen LogP contribution >= 0.6 is 0 Å². The molecule has 0 aromatic carbocycles. The first-order chi connectivity index (χ1) is 9.11. The molecule has 0 radical (unpaired) electrons. The summed E-state index contributed by atoms with van der Waals surface area (Å²) in [5, 5.41) is 10.9. The molecule has 2 rings (SSSR count). The first-order valence-corrected chi connectivity index (χ1v) is 5.62. The Balaban J connectivity index is 2.08. The first kappa shape index (κ1) is 12.9. The number of nitrogens with one attached hydrogen (secondary N) is 1. The zero-order valence-corrected chi connectivity index (χ0v) is 10.9. The lowest BCUT2D eigenvalue weighted by atomic mass is 10.3. The van der Waals surface area contributed by atoms with Gasteiger partial charge in [-0.05, 0) is 6.92 Å². The molecule has 2 aromatic rings. The summed E-state index contributed by atoms with van der Waals surface area (Å²) in [6.07, 6.45) is 4.45. The molecular formula is C11H14N6O2. The molecular weight excluding hydrogens is 248 g/mol. The molecule has 0 spiro atoms. The fraction of sp³-hybridized carbons (Fsp3) is 0.364. The zero-order chi connectivity index (χ0) is 13.8. The Hall–Kier alpha value is -2.51. The molecule has 0 saturated heterocycles. The van der Waals surface area contributed by atoms with Crippen LogP contribution in [-0.2, 0) is 11.8 Å². The number of methoxy groups -OCH3 is 1. The number of carbonyl (C=O) groups is 1. The van der Waals surface area contributed by atoms with E-state index in [1.54, 1.807) is 6.33 Å². The molecule has 0 saturated carbocycles. The predicted molar refractivity (Wildman–Crippen MR) is 66.4 cm³/mol. The molecule has 0 aliphatic carbocycles. The van der Waals surface area contributed by atoms with Gasteiger partial charge in [-0.25, -0.2) is 14.8 Å². The minimum Gasteiger partial charge on any atom is -0.464 e. The number of hydrogen-bond donors (Lipinski definition) is 1. The average molecular weight is 262 g/mol. The van der Waals surface area contributed by atoms with Gasteiger partial charge in [0, 0.05) is 7.05 Å². The molecule has 0 aliphatic heterocycles. The van der Waals surface area contributed by atoms with Gasteiger partial charge < -0.3 is 14.6 Å². The number of anilines is 1. The van der Waals surface area contributed by atoms with Crippen molar-refractivity contribution in [2.24, 2.45) is 7.05 Å². The average Bonchev–Trinajstić information content (AvgIpc) is 2.85. The van der Waals surface area contributed by atoms with E-state index in [1.807, 2.05) is 18.5 Å². The largest absolute Gasteiger partial charge is 0.464 e. The highest BCUT2D eigenvalue weighted by molar-refractivity contribution is 5.86. The van der Waals surface area contributed by atoms with E-state index in [9.17, 15) is 4.79 Å². The smallest absolute Gasteiger partial charge is 0.358 e. The van der Waals surface area contributed by atoms with Crippen molar-refractivity contribution in [2.45, 2.75) is 13.0 Å². The molecule has 1 N–H and O–H groups in total. The fourth-order valence-corrected chi connectivity index (χ4v) is 1.58. The van der Waals surface area contributed by atoms with Crippen LogP contribution in [0.4, 0.5) is 5.82 Å². The van der Waals surface area contributed by atoms with Gasteiger partial charge in [-0.2, -0.15) is 0 Å². The van der Waals surface area contributed by atoms with Crippen LogP contribution in [0.2, 0.25) is 0 Å². The van der Waals surface area contributed by atoms with Crippen molar-refractivity contribution in [1.29, 1.82) is 0 Å². The Kier molecular flexibility index (Phi) is 3.69. The molecule has 1 atom stereocenters. The van der Waals surface area contributed by atoms with Crippen LogP contribution in [0.25, 0.3) is 0 Å². The summed E-state index contributed by atoms with van der Waals surface area (Å²) in [5.74, 6) is 0.808. The molecule has 0 bridgehead atoms. The summed E-state index contributed by atoms with van der Waals surface area (Å²) in [4.78, 5) is 19.3. The normalized spacial score (nSPS) is 11.9. The van der Waals surface area contributed by atoms with Crippen LogP contribution in [-0.4, -0.2) is 37.8 Å². The molecule has 2 heterocycles. The summed E-state index contributed by atoms with van der Waals surface area (Å²) in [6, 6.07) is -0.0780. The van der Waals surface area contributed by atoms with E-state index in [0.29, 0.717) is 5.82 Å². The molecule has 1 unspecified atom stereocenters. The van der Waals surface area contributed by atoms with Crippen molar-refractivity contribution in [2.75, 3.05) is 12.4 Å². The van der Waals surface area contributed by atoms with Crippen molar-refractivity contribution in [3.8, 4) is 0 Å². The number of hydrogen-bond acceptors (Lipinski definition) is 7. The van der Waals surface area contributed by atoms with Crippen LogP contribution in [0, 0.1) is 0 Å². The van der Waals surface area contributed by atoms with Crippen LogP contribution in [0.3, 0.4) is 0 Å². The van der Waals surface area contributed by atoms with Gasteiger partial charge in [0.15, 0.2) is 11.5 Å². The van der Waals surface area contributed by atoms with Crippen molar-refractivity contribution in [3.63, 3.8) is 0 Å². The van der Waals surface area contributed by atoms with Gasteiger partial charge >= 0.3 is 5.97 Å². The highest BCUT2D eigenvalue weighted by atomic mass is 16.5. The highest BCUT2D eigenvalue weighted by Crippen LogP contribution is 2.14. The fourth-order valence-electron chi connectivity index (χ4n) is 1.58. The van der Waals surface area contributed by atoms with Crippen molar-refractivity contribution in [3.05, 3.63) is 30.2 Å². The quantitative estimate of drug-likeness (QED) is 0.804. The van der Waals surface area contributed by atoms with Gasteiger partial charge in [0.1, 0.15) is 12.1 Å². The summed E-state index contributed by atoms with van der Waals surface area (Å²) in [6.45, 7) is 1.93. The molecule has 0 amide bonds. The monoisotopic (exact) mass is 262 g/mol. The lowest BCUT2D eigenvalue weighted by Gasteiger charge is -2.13. The number of aromatic nitrogens is 5. The molecule has 0 aliphatic rings. The SMILES string of the molecule is COC(=O)c1cnc(NC(C)c2nncn2C)cn1. The molecule has 8 heteroatoms. The molecule has 19 heavy (non-hydrogen) atoms. The van der Waals surface area contributed by atoms with E-state index in [2.05, 4.69) is 30.2 Å². The van der Waals surface area contributed by atoms with Crippen LogP contribution in [0.15, 0.2) is 18.7 Å². The Morgan fingerprint density at radius 1 is 1.42 bits per heavy atom. The van der Waals surface area contributed by atoms with Crippen molar-refractivity contribution in [1.82, 2.24) is 24.7 Å². The second-order valence-electron chi connectivity index (χ2n) is 3.94.